The number of carboxylic acids is 1. The molecule has 0 aliphatic rings. The molecule has 7 heteroatoms. The summed E-state index contributed by atoms with van der Waals surface area (Å²) in [5.41, 5.74) is 0.886. The Hall–Kier alpha value is -2.15. The van der Waals surface area contributed by atoms with Crippen molar-refractivity contribution in [3.63, 3.8) is 0 Å². The summed E-state index contributed by atoms with van der Waals surface area (Å²) >= 11 is 3.46. The maximum absolute atomic E-state index is 12.2. The molecule has 1 N–H and O–H groups in total. The highest BCUT2D eigenvalue weighted by atomic mass is 79.9. The number of aromatic nitrogens is 1. The van der Waals surface area contributed by atoms with Gasteiger partial charge in [-0.05, 0) is 19.9 Å². The summed E-state index contributed by atoms with van der Waals surface area (Å²) in [5, 5.41) is 8.89. The van der Waals surface area contributed by atoms with Gasteiger partial charge in [-0.3, -0.25) is 9.59 Å². The number of hydrogen-bond acceptors (Lipinski definition) is 4. The van der Waals surface area contributed by atoms with Crippen LogP contribution in [-0.2, 0) is 16.0 Å². The Morgan fingerprint density at radius 1 is 1.33 bits per heavy atom. The van der Waals surface area contributed by atoms with Crippen LogP contribution in [-0.4, -0.2) is 39.5 Å². The van der Waals surface area contributed by atoms with Gasteiger partial charge in [-0.15, -0.1) is 0 Å². The SMILES string of the molecule is CC(C)N(CC(=O)O)C(=O)CCc1ncc(-c2ccccc2Br)o1. The first-order valence-electron chi connectivity index (χ1n) is 7.59. The molecule has 0 atom stereocenters. The monoisotopic (exact) mass is 394 g/mol. The molecule has 0 aliphatic carbocycles. The lowest BCUT2D eigenvalue weighted by molar-refractivity contribution is -0.145. The van der Waals surface area contributed by atoms with Gasteiger partial charge < -0.3 is 14.4 Å². The Morgan fingerprint density at radius 2 is 2.04 bits per heavy atom. The Labute approximate surface area is 148 Å². The van der Waals surface area contributed by atoms with Gasteiger partial charge in [0, 0.05) is 28.9 Å². The first-order valence-corrected chi connectivity index (χ1v) is 8.38. The van der Waals surface area contributed by atoms with E-state index in [1.165, 1.54) is 4.90 Å². The van der Waals surface area contributed by atoms with Crippen molar-refractivity contribution in [3.8, 4) is 11.3 Å². The van der Waals surface area contributed by atoms with Crippen LogP contribution in [0.25, 0.3) is 11.3 Å². The number of nitrogens with zero attached hydrogens (tertiary/aromatic N) is 2. The van der Waals surface area contributed by atoms with Gasteiger partial charge in [-0.1, -0.05) is 34.1 Å². The summed E-state index contributed by atoms with van der Waals surface area (Å²) in [5.74, 6) is -0.179. The number of hydrogen-bond donors (Lipinski definition) is 1. The molecule has 2 aromatic rings. The number of aliphatic carboxylic acids is 1. The highest BCUT2D eigenvalue weighted by Crippen LogP contribution is 2.28. The first kappa shape index (κ1) is 18.2. The smallest absolute Gasteiger partial charge is 0.323 e. The number of rotatable bonds is 7. The lowest BCUT2D eigenvalue weighted by Gasteiger charge is -2.24. The van der Waals surface area contributed by atoms with Crippen LogP contribution >= 0.6 is 15.9 Å². The van der Waals surface area contributed by atoms with E-state index in [1.807, 2.05) is 24.3 Å². The zero-order valence-electron chi connectivity index (χ0n) is 13.5. The molecule has 0 fully saturated rings. The van der Waals surface area contributed by atoms with Gasteiger partial charge in [0.25, 0.3) is 0 Å². The Bertz CT molecular complexity index is 727. The third-order valence-electron chi connectivity index (χ3n) is 3.49. The number of aryl methyl sites for hydroxylation is 1. The highest BCUT2D eigenvalue weighted by Gasteiger charge is 2.20. The minimum Gasteiger partial charge on any atom is -0.480 e. The van der Waals surface area contributed by atoms with E-state index >= 15 is 0 Å². The van der Waals surface area contributed by atoms with Crippen LogP contribution in [0.1, 0.15) is 26.2 Å². The van der Waals surface area contributed by atoms with E-state index in [9.17, 15) is 9.59 Å². The molecule has 1 amide bonds. The van der Waals surface area contributed by atoms with Gasteiger partial charge in [0.15, 0.2) is 11.7 Å². The van der Waals surface area contributed by atoms with E-state index in [0.29, 0.717) is 18.1 Å². The summed E-state index contributed by atoms with van der Waals surface area (Å²) in [4.78, 5) is 28.6. The van der Waals surface area contributed by atoms with Gasteiger partial charge >= 0.3 is 5.97 Å². The van der Waals surface area contributed by atoms with Crippen LogP contribution in [0.2, 0.25) is 0 Å². The molecular weight excluding hydrogens is 376 g/mol. The lowest BCUT2D eigenvalue weighted by atomic mass is 10.2. The summed E-state index contributed by atoms with van der Waals surface area (Å²) < 4.78 is 6.59. The second-order valence-electron chi connectivity index (χ2n) is 5.61. The van der Waals surface area contributed by atoms with Crippen molar-refractivity contribution < 1.29 is 19.1 Å². The highest BCUT2D eigenvalue weighted by molar-refractivity contribution is 9.10. The summed E-state index contributed by atoms with van der Waals surface area (Å²) in [7, 11) is 0. The minimum atomic E-state index is -1.02. The second-order valence-corrected chi connectivity index (χ2v) is 6.46. The van der Waals surface area contributed by atoms with Gasteiger partial charge in [0.1, 0.15) is 6.54 Å². The van der Waals surface area contributed by atoms with Crippen molar-refractivity contribution in [3.05, 3.63) is 40.8 Å². The van der Waals surface area contributed by atoms with Crippen molar-refractivity contribution in [2.75, 3.05) is 6.54 Å². The molecule has 1 aromatic carbocycles. The molecule has 2 rings (SSSR count). The van der Waals surface area contributed by atoms with Gasteiger partial charge in [-0.2, -0.15) is 0 Å². The summed E-state index contributed by atoms with van der Waals surface area (Å²) in [6.07, 6.45) is 2.10. The quantitative estimate of drug-likeness (QED) is 0.777. The zero-order chi connectivity index (χ0) is 17.7. The fourth-order valence-corrected chi connectivity index (χ4v) is 2.75. The molecule has 0 unspecified atom stereocenters. The average Bonchev–Trinajstić information content (AvgIpc) is 2.99. The van der Waals surface area contributed by atoms with E-state index < -0.39 is 5.97 Å². The standard InChI is InChI=1S/C17H19BrN2O4/c1-11(2)20(10-17(22)23)16(21)8-7-15-19-9-14(24-15)12-5-3-4-6-13(12)18/h3-6,9,11H,7-8,10H2,1-2H3,(H,22,23). The fraction of sp³-hybridized carbons (Fsp3) is 0.353. The van der Waals surface area contributed by atoms with Crippen molar-refractivity contribution in [2.45, 2.75) is 32.7 Å². The largest absolute Gasteiger partial charge is 0.480 e. The molecule has 0 aliphatic heterocycles. The predicted molar refractivity (Wildman–Crippen MR) is 92.4 cm³/mol. The molecule has 128 valence electrons. The summed E-state index contributed by atoms with van der Waals surface area (Å²) in [6.45, 7) is 3.28. The lowest BCUT2D eigenvalue weighted by Crippen LogP contribution is -2.40. The van der Waals surface area contributed by atoms with E-state index in [2.05, 4.69) is 20.9 Å². The van der Waals surface area contributed by atoms with Crippen LogP contribution in [0.5, 0.6) is 0 Å². The third-order valence-corrected chi connectivity index (χ3v) is 4.19. The number of halogens is 1. The van der Waals surface area contributed by atoms with Gasteiger partial charge in [0.2, 0.25) is 5.91 Å². The molecule has 6 nitrogen and oxygen atoms in total. The van der Waals surface area contributed by atoms with Crippen LogP contribution in [0.4, 0.5) is 0 Å². The van der Waals surface area contributed by atoms with Crippen molar-refractivity contribution in [1.29, 1.82) is 0 Å². The van der Waals surface area contributed by atoms with Crippen LogP contribution in [0.3, 0.4) is 0 Å². The van der Waals surface area contributed by atoms with Crippen molar-refractivity contribution in [2.24, 2.45) is 0 Å². The average molecular weight is 395 g/mol. The normalized spacial score (nSPS) is 10.8. The van der Waals surface area contributed by atoms with E-state index in [1.54, 1.807) is 20.0 Å². The van der Waals surface area contributed by atoms with Crippen LogP contribution in [0.15, 0.2) is 39.4 Å². The Kier molecular flexibility index (Phi) is 6.14. The number of oxazole rings is 1. The number of carbonyl (C=O) groups is 2. The third kappa shape index (κ3) is 4.67. The van der Waals surface area contributed by atoms with Gasteiger partial charge in [-0.25, -0.2) is 4.98 Å². The van der Waals surface area contributed by atoms with E-state index in [0.717, 1.165) is 10.0 Å². The van der Waals surface area contributed by atoms with Gasteiger partial charge in [0.05, 0.1) is 6.20 Å². The van der Waals surface area contributed by atoms with Crippen molar-refractivity contribution in [1.82, 2.24) is 9.88 Å². The molecular formula is C17H19BrN2O4. The molecule has 0 saturated heterocycles. The summed E-state index contributed by atoms with van der Waals surface area (Å²) in [6, 6.07) is 7.46. The molecule has 24 heavy (non-hydrogen) atoms. The first-order chi connectivity index (χ1) is 11.4. The number of amides is 1. The second kappa shape index (κ2) is 8.10. The Morgan fingerprint density at radius 3 is 2.67 bits per heavy atom. The number of benzene rings is 1. The van der Waals surface area contributed by atoms with Crippen molar-refractivity contribution >= 4 is 27.8 Å². The minimum absolute atomic E-state index is 0.154. The number of carbonyl (C=O) groups excluding carboxylic acids is 1. The molecule has 0 spiro atoms. The molecule has 1 heterocycles. The molecule has 0 radical (unpaired) electrons. The van der Waals surface area contributed by atoms with Crippen LogP contribution in [0, 0.1) is 0 Å². The predicted octanol–water partition coefficient (Wildman–Crippen LogP) is 3.36. The topological polar surface area (TPSA) is 83.6 Å². The number of carboxylic acid groups (broad SMARTS) is 1. The van der Waals surface area contributed by atoms with E-state index in [-0.39, 0.29) is 24.9 Å². The molecule has 1 aromatic heterocycles. The maximum atomic E-state index is 12.2. The molecule has 0 saturated carbocycles. The zero-order valence-corrected chi connectivity index (χ0v) is 15.1. The van der Waals surface area contributed by atoms with Crippen LogP contribution < -0.4 is 0 Å². The maximum Gasteiger partial charge on any atom is 0.323 e. The Balaban J connectivity index is 2.01. The molecule has 0 bridgehead atoms. The fourth-order valence-electron chi connectivity index (χ4n) is 2.27. The van der Waals surface area contributed by atoms with E-state index in [4.69, 9.17) is 9.52 Å².